The smallest absolute Gasteiger partial charge is 0.137 e. The van der Waals surface area contributed by atoms with E-state index in [1.54, 1.807) is 11.3 Å². The summed E-state index contributed by atoms with van der Waals surface area (Å²) >= 11 is 3.57. The molecule has 5 heteroatoms. The Morgan fingerprint density at radius 1 is 0.442 bits per heavy atom. The molecule has 0 amide bonds. The molecule has 8 aromatic carbocycles. The monoisotopic (exact) mass is 700 g/mol. The highest BCUT2D eigenvalue weighted by atomic mass is 32.1. The lowest BCUT2D eigenvalue weighted by atomic mass is 9.98. The van der Waals surface area contributed by atoms with E-state index in [4.69, 9.17) is 9.40 Å². The summed E-state index contributed by atoms with van der Waals surface area (Å²) in [6, 6.07) is 60.9. The Bertz CT molecular complexity index is 3130. The van der Waals surface area contributed by atoms with E-state index in [1.807, 2.05) is 17.4 Å². The molecule has 0 aliphatic heterocycles. The molecule has 3 aromatic heterocycles. The second-order valence-electron chi connectivity index (χ2n) is 13.1. The van der Waals surface area contributed by atoms with Crippen LogP contribution in [0.4, 0.5) is 17.1 Å². The summed E-state index contributed by atoms with van der Waals surface area (Å²) in [4.78, 5) is 7.56. The number of rotatable bonds is 5. The van der Waals surface area contributed by atoms with Crippen molar-refractivity contribution in [3.05, 3.63) is 170 Å². The molecular weight excluding hydrogens is 673 g/mol. The van der Waals surface area contributed by atoms with E-state index in [0.29, 0.717) is 0 Å². The van der Waals surface area contributed by atoms with Crippen molar-refractivity contribution >= 4 is 103 Å². The fourth-order valence-corrected chi connectivity index (χ4v) is 9.72. The number of thiophene rings is 1. The van der Waals surface area contributed by atoms with Gasteiger partial charge in [-0.25, -0.2) is 4.98 Å². The average molecular weight is 701 g/mol. The van der Waals surface area contributed by atoms with Crippen LogP contribution in [0.5, 0.6) is 0 Å². The molecule has 0 aliphatic carbocycles. The largest absolute Gasteiger partial charge is 0.456 e. The predicted octanol–water partition coefficient (Wildman–Crippen LogP) is 14.5. The molecule has 244 valence electrons. The number of anilines is 3. The summed E-state index contributed by atoms with van der Waals surface area (Å²) in [6.07, 6.45) is 0. The summed E-state index contributed by atoms with van der Waals surface area (Å²) < 4.78 is 10.2. The number of benzene rings is 8. The maximum absolute atomic E-state index is 6.46. The molecule has 11 aromatic rings. The van der Waals surface area contributed by atoms with Gasteiger partial charge in [-0.2, -0.15) is 0 Å². The van der Waals surface area contributed by atoms with Gasteiger partial charge < -0.3 is 9.32 Å². The Hall–Kier alpha value is -6.27. The Morgan fingerprint density at radius 3 is 2.00 bits per heavy atom. The molecular formula is C47H28N2OS2. The van der Waals surface area contributed by atoms with Crippen LogP contribution in [-0.4, -0.2) is 4.98 Å². The molecule has 0 spiro atoms. The highest BCUT2D eigenvalue weighted by Crippen LogP contribution is 2.44. The molecule has 0 N–H and O–H groups in total. The lowest BCUT2D eigenvalue weighted by molar-refractivity contribution is 0.669. The van der Waals surface area contributed by atoms with E-state index >= 15 is 0 Å². The van der Waals surface area contributed by atoms with Crippen molar-refractivity contribution in [2.45, 2.75) is 0 Å². The fourth-order valence-electron chi connectivity index (χ4n) is 7.65. The molecule has 52 heavy (non-hydrogen) atoms. The average Bonchev–Trinajstić information content (AvgIpc) is 3.91. The molecule has 3 heterocycles. The second-order valence-corrected chi connectivity index (χ2v) is 15.3. The van der Waals surface area contributed by atoms with Gasteiger partial charge in [0.25, 0.3) is 0 Å². The van der Waals surface area contributed by atoms with Crippen LogP contribution in [0, 0.1) is 0 Å². The molecule has 0 radical (unpaired) electrons. The molecule has 0 bridgehead atoms. The Morgan fingerprint density at radius 2 is 1.12 bits per heavy atom. The fraction of sp³-hybridized carbons (Fsp3) is 0. The summed E-state index contributed by atoms with van der Waals surface area (Å²) in [6.45, 7) is 0. The minimum Gasteiger partial charge on any atom is -0.456 e. The van der Waals surface area contributed by atoms with Crippen LogP contribution in [0.1, 0.15) is 0 Å². The van der Waals surface area contributed by atoms with E-state index in [9.17, 15) is 0 Å². The minimum atomic E-state index is 0.849. The van der Waals surface area contributed by atoms with Crippen LogP contribution in [0.25, 0.3) is 84.8 Å². The van der Waals surface area contributed by atoms with E-state index in [0.717, 1.165) is 59.8 Å². The van der Waals surface area contributed by atoms with Crippen LogP contribution in [-0.2, 0) is 0 Å². The third-order valence-corrected chi connectivity index (χ3v) is 12.3. The van der Waals surface area contributed by atoms with Gasteiger partial charge in [0.15, 0.2) is 0 Å². The molecule has 0 atom stereocenters. The van der Waals surface area contributed by atoms with Gasteiger partial charge in [0.1, 0.15) is 16.2 Å². The van der Waals surface area contributed by atoms with Crippen molar-refractivity contribution in [2.75, 3.05) is 4.90 Å². The molecule has 0 saturated heterocycles. The standard InChI is InChI=1S/C47H28N2OS2/c1-2-10-31(11-3-1)47-48-46-44(52-47)26-24-41-45(46)39-28-33(21-23-40(39)50-41)49(34-22-25-43-38(27-34)37-14-6-7-16-42(37)51-43)32-19-17-30(18-20-32)36-15-8-12-29-9-4-5-13-35(29)36/h1-28H. The van der Waals surface area contributed by atoms with Crippen molar-refractivity contribution in [3.63, 3.8) is 0 Å². The van der Waals surface area contributed by atoms with E-state index in [2.05, 4.69) is 169 Å². The van der Waals surface area contributed by atoms with Gasteiger partial charge in [-0.3, -0.25) is 0 Å². The van der Waals surface area contributed by atoms with Gasteiger partial charge in [-0.05, 0) is 88.6 Å². The van der Waals surface area contributed by atoms with E-state index < -0.39 is 0 Å². The zero-order valence-corrected chi connectivity index (χ0v) is 29.4. The second kappa shape index (κ2) is 11.6. The van der Waals surface area contributed by atoms with E-state index in [-0.39, 0.29) is 0 Å². The number of nitrogens with zero attached hydrogens (tertiary/aromatic N) is 2. The molecule has 3 nitrogen and oxygen atoms in total. The number of aromatic nitrogens is 1. The highest BCUT2D eigenvalue weighted by Gasteiger charge is 2.20. The maximum Gasteiger partial charge on any atom is 0.137 e. The minimum absolute atomic E-state index is 0.849. The first-order valence-corrected chi connectivity index (χ1v) is 19.0. The topological polar surface area (TPSA) is 29.3 Å². The third kappa shape index (κ3) is 4.67. The van der Waals surface area contributed by atoms with Crippen molar-refractivity contribution < 1.29 is 4.42 Å². The SMILES string of the molecule is c1ccc(-c2nc3c(ccc4oc5ccc(N(c6ccc(-c7cccc8ccccc78)cc6)c6ccc7sc8ccccc8c7c6)cc5c43)s2)cc1. The lowest BCUT2D eigenvalue weighted by Gasteiger charge is -2.26. The van der Waals surface area contributed by atoms with Gasteiger partial charge in [0.2, 0.25) is 0 Å². The van der Waals surface area contributed by atoms with Crippen molar-refractivity contribution in [1.82, 2.24) is 4.98 Å². The number of thiazole rings is 1. The Balaban J connectivity index is 1.11. The van der Waals surface area contributed by atoms with Crippen LogP contribution >= 0.6 is 22.7 Å². The lowest BCUT2D eigenvalue weighted by Crippen LogP contribution is -2.09. The molecule has 0 unspecified atom stereocenters. The van der Waals surface area contributed by atoms with E-state index in [1.165, 1.54) is 42.1 Å². The van der Waals surface area contributed by atoms with Crippen LogP contribution < -0.4 is 4.90 Å². The van der Waals surface area contributed by atoms with Crippen molar-refractivity contribution in [3.8, 4) is 21.7 Å². The van der Waals surface area contributed by atoms with Gasteiger partial charge in [-0.15, -0.1) is 22.7 Å². The summed E-state index contributed by atoms with van der Waals surface area (Å²) in [7, 11) is 0. The van der Waals surface area contributed by atoms with Crippen LogP contribution in [0.3, 0.4) is 0 Å². The Kier molecular flexibility index (Phi) is 6.59. The predicted molar refractivity (Wildman–Crippen MR) is 223 cm³/mol. The Labute approximate surface area is 307 Å². The number of hydrogen-bond acceptors (Lipinski definition) is 5. The van der Waals surface area contributed by atoms with Gasteiger partial charge >= 0.3 is 0 Å². The third-order valence-electron chi connectivity index (χ3n) is 10.1. The quantitative estimate of drug-likeness (QED) is 0.179. The van der Waals surface area contributed by atoms with Gasteiger partial charge in [-0.1, -0.05) is 103 Å². The van der Waals surface area contributed by atoms with Crippen LogP contribution in [0.2, 0.25) is 0 Å². The summed E-state index contributed by atoms with van der Waals surface area (Å²) in [5.41, 5.74) is 9.47. The molecule has 11 rings (SSSR count). The molecule has 0 fully saturated rings. The first-order valence-electron chi connectivity index (χ1n) is 17.4. The highest BCUT2D eigenvalue weighted by molar-refractivity contribution is 7.25. The van der Waals surface area contributed by atoms with Gasteiger partial charge in [0.05, 0.1) is 15.6 Å². The first kappa shape index (κ1) is 29.5. The zero-order valence-electron chi connectivity index (χ0n) is 27.8. The van der Waals surface area contributed by atoms with Crippen LogP contribution in [0.15, 0.2) is 174 Å². The van der Waals surface area contributed by atoms with Gasteiger partial charge in [0, 0.05) is 48.2 Å². The molecule has 0 saturated carbocycles. The number of hydrogen-bond donors (Lipinski definition) is 0. The molecule has 0 aliphatic rings. The maximum atomic E-state index is 6.46. The number of fused-ring (bicyclic) bond motifs is 9. The first-order chi connectivity index (χ1) is 25.7. The summed E-state index contributed by atoms with van der Waals surface area (Å²) in [5.74, 6) is 0. The van der Waals surface area contributed by atoms with Crippen molar-refractivity contribution in [2.24, 2.45) is 0 Å². The zero-order chi connectivity index (χ0) is 34.2. The normalized spacial score (nSPS) is 11.8. The number of furan rings is 1. The summed E-state index contributed by atoms with van der Waals surface area (Å²) in [5, 5.41) is 8.17. The van der Waals surface area contributed by atoms with Crippen molar-refractivity contribution in [1.29, 1.82) is 0 Å².